The first-order valence-corrected chi connectivity index (χ1v) is 2.06. The fourth-order valence-electron chi connectivity index (χ4n) is 0. The Morgan fingerprint density at radius 3 is 1.50 bits per heavy atom. The van der Waals surface area contributed by atoms with E-state index in [0.29, 0.717) is 0 Å². The van der Waals surface area contributed by atoms with E-state index in [9.17, 15) is 0 Å². The van der Waals surface area contributed by atoms with Crippen molar-refractivity contribution in [3.63, 3.8) is 0 Å². The maximum Gasteiger partial charge on any atom is 0.0172 e. The van der Waals surface area contributed by atoms with Crippen LogP contribution in [0.2, 0.25) is 0 Å². The first kappa shape index (κ1) is 8.92. The van der Waals surface area contributed by atoms with Crippen LogP contribution in [0.5, 0.6) is 0 Å². The minimum Gasteiger partial charge on any atom is -0.672 e. The molecular formula is CNO3Si-3. The summed E-state index contributed by atoms with van der Waals surface area (Å²) in [7, 11) is -3.63. The van der Waals surface area contributed by atoms with E-state index in [0.717, 1.165) is 0 Å². The van der Waals surface area contributed by atoms with Crippen molar-refractivity contribution in [1.29, 1.82) is 5.26 Å². The van der Waals surface area contributed by atoms with E-state index in [-0.39, 0.29) is 0 Å². The zero-order chi connectivity index (χ0) is 5.58. The Balaban J connectivity index is 0. The van der Waals surface area contributed by atoms with Crippen LogP contribution in [0.3, 0.4) is 0 Å². The Morgan fingerprint density at radius 1 is 1.50 bits per heavy atom. The highest BCUT2D eigenvalue weighted by Gasteiger charge is 1.29. The van der Waals surface area contributed by atoms with Gasteiger partial charge in [-0.05, 0) is 0 Å². The van der Waals surface area contributed by atoms with Gasteiger partial charge in [-0.1, -0.05) is 0 Å². The van der Waals surface area contributed by atoms with Gasteiger partial charge in [-0.25, -0.2) is 0 Å². The summed E-state index contributed by atoms with van der Waals surface area (Å²) in [5.41, 5.74) is 0. The van der Waals surface area contributed by atoms with E-state index < -0.39 is 9.17 Å². The molecule has 0 aliphatic heterocycles. The first-order valence-electron chi connectivity index (χ1n) is 0.836. The minimum atomic E-state index is -3.63. The Kier molecular flexibility index (Phi) is 13.3. The second-order valence-electron chi connectivity index (χ2n) is 0.250. The third kappa shape index (κ3) is 17.3. The van der Waals surface area contributed by atoms with Crippen LogP contribution < -0.4 is 9.59 Å². The molecule has 0 N–H and O–H groups in total. The lowest BCUT2D eigenvalue weighted by molar-refractivity contribution is -0.354. The SMILES string of the molecule is O=[Si]([O-])[O-].[C-]#N. The van der Waals surface area contributed by atoms with Crippen LogP contribution in [-0.4, -0.2) is 9.17 Å². The van der Waals surface area contributed by atoms with Gasteiger partial charge in [0.2, 0.25) is 0 Å². The second kappa shape index (κ2) is 8.93. The maximum atomic E-state index is 8.52. The zero-order valence-corrected chi connectivity index (χ0v) is 3.67. The third-order valence-corrected chi connectivity index (χ3v) is 0. The standard InChI is InChI=1S/CN.O3Si/c1-2;1-4(2)3/q-1;-2. The topological polar surface area (TPSA) is 87.0 Å². The molecule has 0 aromatic heterocycles. The molecule has 0 aromatic carbocycles. The molecule has 0 saturated heterocycles. The van der Waals surface area contributed by atoms with Crippen molar-refractivity contribution in [2.45, 2.75) is 0 Å². The summed E-state index contributed by atoms with van der Waals surface area (Å²) in [6, 6.07) is 0. The van der Waals surface area contributed by atoms with E-state index in [1.807, 2.05) is 0 Å². The average molecular weight is 102 g/mol. The summed E-state index contributed by atoms with van der Waals surface area (Å²) in [4.78, 5) is 17.0. The molecule has 0 heterocycles. The molecule has 0 fully saturated rings. The monoisotopic (exact) mass is 102 g/mol. The van der Waals surface area contributed by atoms with Crippen LogP contribution >= 0.6 is 0 Å². The van der Waals surface area contributed by atoms with E-state index in [1.165, 1.54) is 0 Å². The fourth-order valence-corrected chi connectivity index (χ4v) is 0. The zero-order valence-electron chi connectivity index (χ0n) is 2.67. The van der Waals surface area contributed by atoms with Crippen molar-refractivity contribution < 1.29 is 14.1 Å². The summed E-state index contributed by atoms with van der Waals surface area (Å²) in [5.74, 6) is 0. The molecule has 6 heavy (non-hydrogen) atoms. The van der Waals surface area contributed by atoms with Gasteiger partial charge < -0.3 is 25.9 Å². The van der Waals surface area contributed by atoms with Gasteiger partial charge >= 0.3 is 0 Å². The van der Waals surface area contributed by atoms with Crippen molar-refractivity contribution in [2.75, 3.05) is 0 Å². The maximum absolute atomic E-state index is 8.52. The van der Waals surface area contributed by atoms with Crippen molar-refractivity contribution in [1.82, 2.24) is 0 Å². The summed E-state index contributed by atoms with van der Waals surface area (Å²) >= 11 is 0. The van der Waals surface area contributed by atoms with Gasteiger partial charge in [0.15, 0.2) is 0 Å². The molecule has 5 heteroatoms. The molecule has 0 saturated carbocycles. The summed E-state index contributed by atoms with van der Waals surface area (Å²) in [5, 5.41) is 6.25. The lowest BCUT2D eigenvalue weighted by Gasteiger charge is -1.94. The molecule has 0 aliphatic carbocycles. The predicted octanol–water partition coefficient (Wildman–Crippen LogP) is -2.78. The number of hydrogen-bond donors (Lipinski definition) is 0. The molecule has 34 valence electrons. The van der Waals surface area contributed by atoms with Gasteiger partial charge in [0.25, 0.3) is 0 Å². The van der Waals surface area contributed by atoms with Crippen molar-refractivity contribution >= 4 is 9.17 Å². The number of hydrogen-bond acceptors (Lipinski definition) is 4. The van der Waals surface area contributed by atoms with Gasteiger partial charge in [0, 0.05) is 9.17 Å². The number of rotatable bonds is 0. The Morgan fingerprint density at radius 2 is 1.50 bits per heavy atom. The highest BCUT2D eigenvalue weighted by Crippen LogP contribution is 0.990. The molecule has 0 unspecified atom stereocenters. The van der Waals surface area contributed by atoms with Gasteiger partial charge in [-0.2, -0.15) is 0 Å². The lowest BCUT2D eigenvalue weighted by Crippen LogP contribution is -2.34. The van der Waals surface area contributed by atoms with Crippen molar-refractivity contribution in [3.8, 4) is 0 Å². The van der Waals surface area contributed by atoms with Crippen LogP contribution in [0.25, 0.3) is 0 Å². The summed E-state index contributed by atoms with van der Waals surface area (Å²) in [6.45, 7) is 4.75. The molecule has 0 atom stereocenters. The van der Waals surface area contributed by atoms with Crippen LogP contribution in [0.15, 0.2) is 0 Å². The van der Waals surface area contributed by atoms with Gasteiger partial charge in [0.05, 0.1) is 0 Å². The average Bonchev–Trinajstić information content (AvgIpc) is 1.41. The summed E-state index contributed by atoms with van der Waals surface area (Å²) in [6.07, 6.45) is 0. The highest BCUT2D eigenvalue weighted by atomic mass is 28.3. The third-order valence-electron chi connectivity index (χ3n) is 0. The highest BCUT2D eigenvalue weighted by molar-refractivity contribution is 6.17. The Hall–Kier alpha value is -0.893. The second-order valence-corrected chi connectivity index (χ2v) is 0.750. The van der Waals surface area contributed by atoms with Gasteiger partial charge in [-0.15, -0.1) is 0 Å². The van der Waals surface area contributed by atoms with E-state index in [4.69, 9.17) is 25.9 Å². The normalized spacial score (nSPS) is 4.33. The smallest absolute Gasteiger partial charge is 0.0172 e. The van der Waals surface area contributed by atoms with Crippen LogP contribution in [0.1, 0.15) is 0 Å². The van der Waals surface area contributed by atoms with E-state index in [1.54, 1.807) is 0 Å². The molecular weight excluding hydrogens is 102 g/mol. The molecule has 0 amide bonds. The molecule has 0 radical (unpaired) electrons. The number of nitrogens with zero attached hydrogens (tertiary/aromatic N) is 1. The quantitative estimate of drug-likeness (QED) is 0.244. The van der Waals surface area contributed by atoms with Gasteiger partial charge in [0.1, 0.15) is 0 Å². The minimum absolute atomic E-state index is 3.63. The first-order chi connectivity index (χ1) is 2.73. The van der Waals surface area contributed by atoms with Crippen molar-refractivity contribution in [3.05, 3.63) is 6.57 Å². The largest absolute Gasteiger partial charge is 0.672 e. The van der Waals surface area contributed by atoms with Crippen LogP contribution in [0, 0.1) is 11.8 Å². The predicted molar refractivity (Wildman–Crippen MR) is 11.4 cm³/mol. The van der Waals surface area contributed by atoms with Gasteiger partial charge in [-0.3, -0.25) is 0 Å². The molecule has 0 rings (SSSR count). The molecule has 0 aromatic rings. The van der Waals surface area contributed by atoms with Crippen molar-refractivity contribution in [2.24, 2.45) is 0 Å². The molecule has 0 aliphatic rings. The summed E-state index contributed by atoms with van der Waals surface area (Å²) < 4.78 is 8.52. The molecule has 0 spiro atoms. The Labute approximate surface area is 36.2 Å². The fraction of sp³-hybridized carbons (Fsp3) is 0. The molecule has 4 nitrogen and oxygen atoms in total. The van der Waals surface area contributed by atoms with E-state index in [2.05, 4.69) is 0 Å². The molecule has 0 bridgehead atoms. The van der Waals surface area contributed by atoms with Crippen LogP contribution in [0.4, 0.5) is 0 Å². The Bertz CT molecular complexity index is 55.1. The lowest BCUT2D eigenvalue weighted by atomic mass is 11.9. The van der Waals surface area contributed by atoms with E-state index >= 15 is 0 Å². The van der Waals surface area contributed by atoms with Crippen LogP contribution in [-0.2, 0) is 4.46 Å².